The zero-order valence-corrected chi connectivity index (χ0v) is 19.7. The first-order valence-corrected chi connectivity index (χ1v) is 11.3. The average Bonchev–Trinajstić information content (AvgIpc) is 3.32. The monoisotopic (exact) mass is 477 g/mol. The van der Waals surface area contributed by atoms with Crippen LogP contribution in [0, 0.1) is 0 Å². The number of carbonyl (C=O) groups excluding carboxylic acids is 1. The summed E-state index contributed by atoms with van der Waals surface area (Å²) in [6.45, 7) is 2.83. The average molecular weight is 478 g/mol. The fraction of sp³-hybridized carbons (Fsp3) is 0.240. The number of ether oxygens (including phenoxy) is 2. The Morgan fingerprint density at radius 1 is 0.971 bits per heavy atom. The zero-order chi connectivity index (χ0) is 23.7. The second-order valence-electron chi connectivity index (χ2n) is 7.98. The summed E-state index contributed by atoms with van der Waals surface area (Å²) in [7, 11) is 3.18. The lowest BCUT2D eigenvalue weighted by molar-refractivity contribution is 0.0746. The molecule has 0 N–H and O–H groups in total. The van der Waals surface area contributed by atoms with Crippen molar-refractivity contribution in [3.8, 4) is 22.8 Å². The van der Waals surface area contributed by atoms with Crippen LogP contribution in [0.25, 0.3) is 16.9 Å². The van der Waals surface area contributed by atoms with Crippen molar-refractivity contribution < 1.29 is 14.3 Å². The number of rotatable bonds is 5. The fourth-order valence-corrected chi connectivity index (χ4v) is 4.44. The third-order valence-corrected chi connectivity index (χ3v) is 6.35. The second kappa shape index (κ2) is 9.23. The van der Waals surface area contributed by atoms with Gasteiger partial charge >= 0.3 is 0 Å². The smallest absolute Gasteiger partial charge is 0.254 e. The SMILES string of the molecule is COc1cc(OC)c(-c2cn3ccc(N4CCN(C(=O)c5ccncc5)CC4)cc3n2)cc1Cl. The normalized spacial score (nSPS) is 13.9. The molecule has 0 saturated carbocycles. The Labute approximate surface area is 202 Å². The number of methoxy groups -OCH3 is 2. The maximum Gasteiger partial charge on any atom is 0.254 e. The molecule has 8 nitrogen and oxygen atoms in total. The number of halogens is 1. The van der Waals surface area contributed by atoms with Crippen LogP contribution >= 0.6 is 11.6 Å². The van der Waals surface area contributed by atoms with Crippen molar-refractivity contribution >= 4 is 28.8 Å². The molecular formula is C25H24ClN5O3. The van der Waals surface area contributed by atoms with Crippen LogP contribution in [0.4, 0.5) is 5.69 Å². The summed E-state index contributed by atoms with van der Waals surface area (Å²) in [5.41, 5.74) is 4.11. The molecule has 4 heterocycles. The molecule has 0 unspecified atom stereocenters. The van der Waals surface area contributed by atoms with Crippen molar-refractivity contribution in [1.82, 2.24) is 19.3 Å². The van der Waals surface area contributed by atoms with Crippen LogP contribution in [0.3, 0.4) is 0 Å². The first-order chi connectivity index (χ1) is 16.6. The number of hydrogen-bond acceptors (Lipinski definition) is 6. The quantitative estimate of drug-likeness (QED) is 0.432. The molecule has 1 aliphatic heterocycles. The van der Waals surface area contributed by atoms with E-state index in [-0.39, 0.29) is 5.91 Å². The Balaban J connectivity index is 1.35. The van der Waals surface area contributed by atoms with Gasteiger partial charge in [0.2, 0.25) is 0 Å². The van der Waals surface area contributed by atoms with Gasteiger partial charge in [0.1, 0.15) is 17.1 Å². The molecule has 1 saturated heterocycles. The summed E-state index contributed by atoms with van der Waals surface area (Å²) in [5.74, 6) is 1.23. The van der Waals surface area contributed by atoms with Crippen molar-refractivity contribution in [2.75, 3.05) is 45.3 Å². The number of benzene rings is 1. The van der Waals surface area contributed by atoms with E-state index in [0.29, 0.717) is 35.2 Å². The Morgan fingerprint density at radius 3 is 2.41 bits per heavy atom. The van der Waals surface area contributed by atoms with Crippen LogP contribution in [0.2, 0.25) is 5.02 Å². The summed E-state index contributed by atoms with van der Waals surface area (Å²) < 4.78 is 12.8. The zero-order valence-electron chi connectivity index (χ0n) is 18.9. The van der Waals surface area contributed by atoms with Gasteiger partial charge in [-0.15, -0.1) is 0 Å². The number of fused-ring (bicyclic) bond motifs is 1. The predicted molar refractivity (Wildman–Crippen MR) is 131 cm³/mol. The highest BCUT2D eigenvalue weighted by Gasteiger charge is 2.23. The fourth-order valence-electron chi connectivity index (χ4n) is 4.20. The minimum absolute atomic E-state index is 0.0440. The van der Waals surface area contributed by atoms with Gasteiger partial charge in [0.05, 0.1) is 24.9 Å². The summed E-state index contributed by atoms with van der Waals surface area (Å²) >= 11 is 6.35. The first kappa shape index (κ1) is 22.0. The number of anilines is 1. The van der Waals surface area contributed by atoms with E-state index in [9.17, 15) is 4.79 Å². The predicted octanol–water partition coefficient (Wildman–Crippen LogP) is 4.03. The second-order valence-corrected chi connectivity index (χ2v) is 8.39. The molecule has 1 amide bonds. The van der Waals surface area contributed by atoms with E-state index in [2.05, 4.69) is 22.0 Å². The van der Waals surface area contributed by atoms with Gasteiger partial charge in [-0.25, -0.2) is 4.98 Å². The molecule has 1 fully saturated rings. The van der Waals surface area contributed by atoms with E-state index in [1.165, 1.54) is 0 Å². The van der Waals surface area contributed by atoms with E-state index in [1.807, 2.05) is 21.7 Å². The number of carbonyl (C=O) groups is 1. The van der Waals surface area contributed by atoms with Gasteiger partial charge in [0, 0.05) is 79.9 Å². The van der Waals surface area contributed by atoms with Gasteiger partial charge in [0.25, 0.3) is 5.91 Å². The van der Waals surface area contributed by atoms with E-state index >= 15 is 0 Å². The number of nitrogens with zero attached hydrogens (tertiary/aromatic N) is 5. The highest BCUT2D eigenvalue weighted by molar-refractivity contribution is 6.32. The van der Waals surface area contributed by atoms with Crippen LogP contribution in [-0.2, 0) is 0 Å². The molecule has 0 bridgehead atoms. The van der Waals surface area contributed by atoms with Crippen LogP contribution in [0.15, 0.2) is 61.2 Å². The number of imidazole rings is 1. The summed E-state index contributed by atoms with van der Waals surface area (Å²) in [5, 5.41) is 0.496. The molecular weight excluding hydrogens is 454 g/mol. The summed E-state index contributed by atoms with van der Waals surface area (Å²) in [6, 6.07) is 11.2. The molecule has 1 aliphatic rings. The number of hydrogen-bond donors (Lipinski definition) is 0. The van der Waals surface area contributed by atoms with Gasteiger partial charge in [-0.2, -0.15) is 0 Å². The molecule has 1 aromatic carbocycles. The van der Waals surface area contributed by atoms with Crippen LogP contribution in [0.1, 0.15) is 10.4 Å². The summed E-state index contributed by atoms with van der Waals surface area (Å²) in [6.07, 6.45) is 7.23. The van der Waals surface area contributed by atoms with Crippen molar-refractivity contribution in [3.05, 3.63) is 71.8 Å². The van der Waals surface area contributed by atoms with Crippen molar-refractivity contribution in [1.29, 1.82) is 0 Å². The minimum atomic E-state index is 0.0440. The molecule has 0 atom stereocenters. The van der Waals surface area contributed by atoms with E-state index in [0.717, 1.165) is 35.7 Å². The highest BCUT2D eigenvalue weighted by Crippen LogP contribution is 2.38. The molecule has 0 aliphatic carbocycles. The molecule has 0 radical (unpaired) electrons. The topological polar surface area (TPSA) is 72.2 Å². The standard InChI is InChI=1S/C25H24ClN5O3/c1-33-22-15-23(34-2)20(26)14-19(22)21-16-31-8-5-18(13-24(31)28-21)29-9-11-30(12-10-29)25(32)17-3-6-27-7-4-17/h3-8,13-16H,9-12H2,1-2H3. The molecule has 4 aromatic rings. The molecule has 5 rings (SSSR count). The number of amides is 1. The van der Waals surface area contributed by atoms with Crippen molar-refractivity contribution in [2.45, 2.75) is 0 Å². The van der Waals surface area contributed by atoms with Crippen LogP contribution in [-0.4, -0.2) is 65.6 Å². The Kier molecular flexibility index (Phi) is 5.98. The Morgan fingerprint density at radius 2 is 1.71 bits per heavy atom. The Hall–Kier alpha value is -3.78. The van der Waals surface area contributed by atoms with Crippen molar-refractivity contribution in [3.63, 3.8) is 0 Å². The van der Waals surface area contributed by atoms with Gasteiger partial charge in [0.15, 0.2) is 0 Å². The largest absolute Gasteiger partial charge is 0.496 e. The molecule has 9 heteroatoms. The lowest BCUT2D eigenvalue weighted by Gasteiger charge is -2.36. The van der Waals surface area contributed by atoms with Crippen LogP contribution < -0.4 is 14.4 Å². The third-order valence-electron chi connectivity index (χ3n) is 6.05. The molecule has 34 heavy (non-hydrogen) atoms. The first-order valence-electron chi connectivity index (χ1n) is 10.9. The lowest BCUT2D eigenvalue weighted by atomic mass is 10.1. The maximum absolute atomic E-state index is 12.7. The van der Waals surface area contributed by atoms with E-state index in [1.54, 1.807) is 50.9 Å². The highest BCUT2D eigenvalue weighted by atomic mass is 35.5. The Bertz CT molecular complexity index is 1330. The van der Waals surface area contributed by atoms with Gasteiger partial charge < -0.3 is 23.7 Å². The molecule has 0 spiro atoms. The lowest BCUT2D eigenvalue weighted by Crippen LogP contribution is -2.48. The van der Waals surface area contributed by atoms with E-state index in [4.69, 9.17) is 26.1 Å². The number of pyridine rings is 2. The maximum atomic E-state index is 12.7. The molecule has 174 valence electrons. The molecule has 3 aromatic heterocycles. The number of aromatic nitrogens is 3. The minimum Gasteiger partial charge on any atom is -0.496 e. The van der Waals surface area contributed by atoms with Gasteiger partial charge in [-0.1, -0.05) is 11.6 Å². The summed E-state index contributed by atoms with van der Waals surface area (Å²) in [4.78, 5) is 25.7. The van der Waals surface area contributed by atoms with E-state index < -0.39 is 0 Å². The van der Waals surface area contributed by atoms with Gasteiger partial charge in [-0.05, 0) is 24.3 Å². The number of piperazine rings is 1. The van der Waals surface area contributed by atoms with Crippen LogP contribution in [0.5, 0.6) is 11.5 Å². The van der Waals surface area contributed by atoms with Gasteiger partial charge in [-0.3, -0.25) is 9.78 Å². The third kappa shape index (κ3) is 4.12. The van der Waals surface area contributed by atoms with Crippen molar-refractivity contribution in [2.24, 2.45) is 0 Å².